The van der Waals surface area contributed by atoms with Crippen molar-refractivity contribution in [3.8, 4) is 0 Å². The Bertz CT molecular complexity index is 489. The van der Waals surface area contributed by atoms with Gasteiger partial charge in [0.2, 0.25) is 0 Å². The number of hydrogen-bond acceptors (Lipinski definition) is 3. The number of hydrogen-bond donors (Lipinski definition) is 0. The second-order valence-electron chi connectivity index (χ2n) is 5.46. The number of carbonyl (C=O) groups excluding carboxylic acids is 1. The molecule has 0 unspecified atom stereocenters. The summed E-state index contributed by atoms with van der Waals surface area (Å²) in [6.45, 7) is 9.28. The average molecular weight is 234 g/mol. The lowest BCUT2D eigenvalue weighted by atomic mass is 9.92. The summed E-state index contributed by atoms with van der Waals surface area (Å²) in [5, 5.41) is 0. The van der Waals surface area contributed by atoms with Gasteiger partial charge in [0.15, 0.2) is 5.78 Å². The molecule has 0 aliphatic carbocycles. The summed E-state index contributed by atoms with van der Waals surface area (Å²) in [4.78, 5) is 12.2. The Hall–Kier alpha value is -1.35. The third-order valence-corrected chi connectivity index (χ3v) is 3.00. The monoisotopic (exact) mass is 234 g/mol. The van der Waals surface area contributed by atoms with E-state index in [0.29, 0.717) is 11.3 Å². The second kappa shape index (κ2) is 3.57. The molecule has 1 aromatic rings. The van der Waals surface area contributed by atoms with Crippen LogP contribution in [0.2, 0.25) is 0 Å². The minimum Gasteiger partial charge on any atom is -0.462 e. The highest BCUT2D eigenvalue weighted by molar-refractivity contribution is 6.08. The van der Waals surface area contributed by atoms with E-state index >= 15 is 0 Å². The maximum atomic E-state index is 12.2. The number of Topliss-reactive ketones (excluding diaryl/α,β-unsaturated/α-hetero) is 1. The number of rotatable bonds is 1. The summed E-state index contributed by atoms with van der Waals surface area (Å²) in [5.74, 6) is 1.55. The van der Waals surface area contributed by atoms with Gasteiger partial charge in [-0.05, 0) is 52.8 Å². The molecular weight excluding hydrogens is 216 g/mol. The molecule has 1 aliphatic heterocycles. The third-order valence-electron chi connectivity index (χ3n) is 3.00. The van der Waals surface area contributed by atoms with Gasteiger partial charge >= 0.3 is 0 Å². The predicted octanol–water partition coefficient (Wildman–Crippen LogP) is 3.13. The van der Waals surface area contributed by atoms with Gasteiger partial charge < -0.3 is 9.15 Å². The van der Waals surface area contributed by atoms with Crippen molar-refractivity contribution in [3.05, 3.63) is 29.2 Å². The van der Waals surface area contributed by atoms with Crippen molar-refractivity contribution < 1.29 is 13.9 Å². The first-order valence-electron chi connectivity index (χ1n) is 5.76. The Morgan fingerprint density at radius 2 is 1.76 bits per heavy atom. The van der Waals surface area contributed by atoms with Gasteiger partial charge in [0.1, 0.15) is 17.1 Å². The van der Waals surface area contributed by atoms with Crippen LogP contribution >= 0.6 is 0 Å². The lowest BCUT2D eigenvalue weighted by Gasteiger charge is -2.22. The molecule has 2 heterocycles. The highest BCUT2D eigenvalue weighted by Gasteiger charge is 2.49. The number of aryl methyl sites for hydroxylation is 1. The summed E-state index contributed by atoms with van der Waals surface area (Å²) >= 11 is 0. The van der Waals surface area contributed by atoms with E-state index in [1.165, 1.54) is 0 Å². The molecule has 0 radical (unpaired) electrons. The summed E-state index contributed by atoms with van der Waals surface area (Å²) in [7, 11) is 0. The predicted molar refractivity (Wildman–Crippen MR) is 65.7 cm³/mol. The maximum Gasteiger partial charge on any atom is 0.193 e. The summed E-state index contributed by atoms with van der Waals surface area (Å²) in [5.41, 5.74) is -0.657. The quantitative estimate of drug-likeness (QED) is 0.701. The molecule has 1 saturated heterocycles. The van der Waals surface area contributed by atoms with Gasteiger partial charge in [-0.1, -0.05) is 0 Å². The molecule has 17 heavy (non-hydrogen) atoms. The second-order valence-corrected chi connectivity index (χ2v) is 5.46. The van der Waals surface area contributed by atoms with E-state index in [9.17, 15) is 4.79 Å². The minimum atomic E-state index is -0.753. The molecule has 0 aromatic carbocycles. The van der Waals surface area contributed by atoms with Crippen LogP contribution in [0.25, 0.3) is 6.08 Å². The fourth-order valence-corrected chi connectivity index (χ4v) is 2.25. The number of furan rings is 1. The lowest BCUT2D eigenvalue weighted by molar-refractivity contribution is -0.132. The summed E-state index contributed by atoms with van der Waals surface area (Å²) in [6.07, 6.45) is 1.78. The highest BCUT2D eigenvalue weighted by atomic mass is 16.5. The van der Waals surface area contributed by atoms with E-state index in [1.54, 1.807) is 19.9 Å². The van der Waals surface area contributed by atoms with E-state index in [1.807, 2.05) is 32.9 Å². The average Bonchev–Trinajstić information content (AvgIpc) is 2.62. The smallest absolute Gasteiger partial charge is 0.193 e. The van der Waals surface area contributed by atoms with Gasteiger partial charge in [-0.15, -0.1) is 0 Å². The van der Waals surface area contributed by atoms with Crippen LogP contribution in [-0.2, 0) is 9.53 Å². The first kappa shape index (κ1) is 12.1. The molecule has 0 N–H and O–H groups in total. The topological polar surface area (TPSA) is 39.4 Å². The van der Waals surface area contributed by atoms with E-state index < -0.39 is 11.2 Å². The van der Waals surface area contributed by atoms with Crippen molar-refractivity contribution in [1.82, 2.24) is 0 Å². The van der Waals surface area contributed by atoms with Crippen molar-refractivity contribution in [3.63, 3.8) is 0 Å². The first-order chi connectivity index (χ1) is 7.72. The number of ether oxygens (including phenoxy) is 1. The lowest BCUT2D eigenvalue weighted by Crippen LogP contribution is -2.29. The van der Waals surface area contributed by atoms with Crippen LogP contribution in [0.1, 0.15) is 39.2 Å². The summed E-state index contributed by atoms with van der Waals surface area (Å²) in [6, 6.07) is 3.74. The molecule has 0 spiro atoms. The Morgan fingerprint density at radius 1 is 1.12 bits per heavy atom. The van der Waals surface area contributed by atoms with Gasteiger partial charge in [-0.3, -0.25) is 4.79 Å². The standard InChI is InChI=1S/C14H18O3/c1-9-6-7-10(16-9)8-11-12(15)14(4,5)17-13(11,2)3/h6-8H,1-5H3/b11-8+. The zero-order valence-corrected chi connectivity index (χ0v) is 11.0. The van der Waals surface area contributed by atoms with Gasteiger partial charge in [0.25, 0.3) is 0 Å². The van der Waals surface area contributed by atoms with Gasteiger partial charge in [0.05, 0.1) is 5.60 Å². The van der Waals surface area contributed by atoms with Gasteiger partial charge in [-0.25, -0.2) is 0 Å². The zero-order valence-electron chi connectivity index (χ0n) is 11.0. The van der Waals surface area contributed by atoms with Crippen LogP contribution in [0.4, 0.5) is 0 Å². The first-order valence-corrected chi connectivity index (χ1v) is 5.76. The van der Waals surface area contributed by atoms with Crippen molar-refractivity contribution in [2.45, 2.75) is 45.8 Å². The molecule has 1 aliphatic rings. The van der Waals surface area contributed by atoms with Crippen molar-refractivity contribution in [2.24, 2.45) is 0 Å². The highest BCUT2D eigenvalue weighted by Crippen LogP contribution is 2.39. The Labute approximate surface area is 101 Å². The van der Waals surface area contributed by atoms with Crippen LogP contribution in [-0.4, -0.2) is 17.0 Å². The number of carbonyl (C=O) groups is 1. The van der Waals surface area contributed by atoms with Crippen molar-refractivity contribution >= 4 is 11.9 Å². The van der Waals surface area contributed by atoms with E-state index in [4.69, 9.17) is 9.15 Å². The molecule has 1 fully saturated rings. The summed E-state index contributed by atoms with van der Waals surface area (Å²) < 4.78 is 11.3. The largest absolute Gasteiger partial charge is 0.462 e. The molecule has 0 atom stereocenters. The molecule has 2 rings (SSSR count). The molecule has 3 nitrogen and oxygen atoms in total. The maximum absolute atomic E-state index is 12.2. The van der Waals surface area contributed by atoms with Gasteiger partial charge in [-0.2, -0.15) is 0 Å². The van der Waals surface area contributed by atoms with Crippen molar-refractivity contribution in [2.75, 3.05) is 0 Å². The fourth-order valence-electron chi connectivity index (χ4n) is 2.25. The van der Waals surface area contributed by atoms with Crippen LogP contribution in [0, 0.1) is 6.92 Å². The third kappa shape index (κ3) is 2.07. The van der Waals surface area contributed by atoms with Crippen LogP contribution in [0.5, 0.6) is 0 Å². The molecule has 92 valence electrons. The van der Waals surface area contributed by atoms with Gasteiger partial charge in [0, 0.05) is 5.57 Å². The van der Waals surface area contributed by atoms with E-state index in [2.05, 4.69) is 0 Å². The Morgan fingerprint density at radius 3 is 2.18 bits per heavy atom. The molecular formula is C14H18O3. The molecule has 0 amide bonds. The number of ketones is 1. The Kier molecular flexibility index (Phi) is 2.54. The van der Waals surface area contributed by atoms with E-state index in [0.717, 1.165) is 5.76 Å². The fraction of sp³-hybridized carbons (Fsp3) is 0.500. The SMILES string of the molecule is Cc1ccc(/C=C2\C(=O)C(C)(C)OC2(C)C)o1. The molecule has 1 aromatic heterocycles. The normalized spacial score (nSPS) is 24.5. The van der Waals surface area contributed by atoms with Crippen molar-refractivity contribution in [1.29, 1.82) is 0 Å². The Balaban J connectivity index is 2.44. The van der Waals surface area contributed by atoms with Crippen LogP contribution in [0.15, 0.2) is 22.1 Å². The van der Waals surface area contributed by atoms with Crippen LogP contribution in [0.3, 0.4) is 0 Å². The molecule has 0 bridgehead atoms. The molecule has 3 heteroatoms. The molecule has 0 saturated carbocycles. The van der Waals surface area contributed by atoms with E-state index in [-0.39, 0.29) is 5.78 Å². The minimum absolute atomic E-state index is 0.0246. The van der Waals surface area contributed by atoms with Crippen LogP contribution < -0.4 is 0 Å². The zero-order chi connectivity index (χ0) is 12.8.